The molecule has 0 atom stereocenters. The summed E-state index contributed by atoms with van der Waals surface area (Å²) in [5.74, 6) is 0.898. The molecule has 0 aliphatic carbocycles. The Balaban J connectivity index is 2.08. The zero-order valence-corrected chi connectivity index (χ0v) is 9.81. The van der Waals surface area contributed by atoms with Crippen molar-refractivity contribution in [2.75, 3.05) is 0 Å². The molecule has 2 heterocycles. The molecule has 0 spiro atoms. The van der Waals surface area contributed by atoms with E-state index in [1.807, 2.05) is 13.8 Å². The van der Waals surface area contributed by atoms with Gasteiger partial charge in [-0.3, -0.25) is 4.68 Å². The Morgan fingerprint density at radius 3 is 2.94 bits per heavy atom. The fourth-order valence-corrected chi connectivity index (χ4v) is 1.28. The first-order chi connectivity index (χ1) is 7.69. The average molecular weight is 242 g/mol. The summed E-state index contributed by atoms with van der Waals surface area (Å²) < 4.78 is 12.2. The van der Waals surface area contributed by atoms with Crippen LogP contribution in [0.25, 0.3) is 0 Å². The van der Waals surface area contributed by atoms with Crippen LogP contribution in [0.2, 0.25) is 0 Å². The Hall–Kier alpha value is -1.49. The minimum absolute atomic E-state index is 0.180. The molecule has 16 heavy (non-hydrogen) atoms. The number of ether oxygens (including phenoxy) is 1. The lowest BCUT2D eigenvalue weighted by atomic mass is 10.4. The summed E-state index contributed by atoms with van der Waals surface area (Å²) in [7, 11) is 0. The SMILES string of the molecule is CC(C)n1cc(Oc2nc(CCl)co2)cn1. The van der Waals surface area contributed by atoms with Crippen LogP contribution in [-0.4, -0.2) is 14.8 Å². The molecule has 0 amide bonds. The van der Waals surface area contributed by atoms with E-state index in [-0.39, 0.29) is 6.08 Å². The highest BCUT2D eigenvalue weighted by molar-refractivity contribution is 6.16. The van der Waals surface area contributed by atoms with Gasteiger partial charge in [-0.1, -0.05) is 0 Å². The minimum Gasteiger partial charge on any atom is -0.417 e. The predicted molar refractivity (Wildman–Crippen MR) is 58.7 cm³/mol. The summed E-state index contributed by atoms with van der Waals surface area (Å²) in [4.78, 5) is 4.02. The highest BCUT2D eigenvalue weighted by Gasteiger charge is 2.08. The van der Waals surface area contributed by atoms with Crippen LogP contribution in [0.5, 0.6) is 11.8 Å². The van der Waals surface area contributed by atoms with Crippen molar-refractivity contribution in [2.24, 2.45) is 0 Å². The van der Waals surface area contributed by atoms with E-state index in [9.17, 15) is 0 Å². The first kappa shape index (κ1) is 11.0. The zero-order valence-electron chi connectivity index (χ0n) is 9.05. The molecule has 0 fully saturated rings. The second kappa shape index (κ2) is 4.57. The number of aromatic nitrogens is 3. The van der Waals surface area contributed by atoms with Gasteiger partial charge in [0.25, 0.3) is 0 Å². The molecular formula is C10H12ClN3O2. The van der Waals surface area contributed by atoms with Gasteiger partial charge in [-0.05, 0) is 13.8 Å². The van der Waals surface area contributed by atoms with Crippen LogP contribution in [-0.2, 0) is 5.88 Å². The van der Waals surface area contributed by atoms with E-state index in [0.29, 0.717) is 23.4 Å². The summed E-state index contributed by atoms with van der Waals surface area (Å²) in [6.07, 6.45) is 5.05. The fourth-order valence-electron chi connectivity index (χ4n) is 1.15. The van der Waals surface area contributed by atoms with E-state index >= 15 is 0 Å². The van der Waals surface area contributed by atoms with Crippen molar-refractivity contribution in [1.82, 2.24) is 14.8 Å². The van der Waals surface area contributed by atoms with E-state index in [1.54, 1.807) is 17.1 Å². The van der Waals surface area contributed by atoms with E-state index in [0.717, 1.165) is 0 Å². The molecule has 2 aromatic rings. The standard InChI is InChI=1S/C10H12ClN3O2/c1-7(2)14-5-9(4-12-14)16-10-13-8(3-11)6-15-10/h4-7H,3H2,1-2H3. The summed E-state index contributed by atoms with van der Waals surface area (Å²) in [6, 6.07) is 0.292. The summed E-state index contributed by atoms with van der Waals surface area (Å²) in [5, 5.41) is 4.13. The van der Waals surface area contributed by atoms with Crippen molar-refractivity contribution in [3.05, 3.63) is 24.4 Å². The smallest absolute Gasteiger partial charge is 0.399 e. The molecular weight excluding hydrogens is 230 g/mol. The quantitative estimate of drug-likeness (QED) is 0.773. The lowest BCUT2D eigenvalue weighted by molar-refractivity contribution is 0.330. The maximum atomic E-state index is 5.59. The van der Waals surface area contributed by atoms with Gasteiger partial charge in [-0.15, -0.1) is 11.6 Å². The molecule has 0 radical (unpaired) electrons. The van der Waals surface area contributed by atoms with Gasteiger partial charge >= 0.3 is 6.08 Å². The second-order valence-electron chi connectivity index (χ2n) is 3.59. The van der Waals surface area contributed by atoms with Crippen LogP contribution < -0.4 is 4.74 Å². The third-order valence-electron chi connectivity index (χ3n) is 1.98. The highest BCUT2D eigenvalue weighted by Crippen LogP contribution is 2.21. The number of nitrogens with zero attached hydrogens (tertiary/aromatic N) is 3. The highest BCUT2D eigenvalue weighted by atomic mass is 35.5. The number of hydrogen-bond acceptors (Lipinski definition) is 4. The second-order valence-corrected chi connectivity index (χ2v) is 3.86. The maximum Gasteiger partial charge on any atom is 0.399 e. The topological polar surface area (TPSA) is 53.1 Å². The van der Waals surface area contributed by atoms with Gasteiger partial charge in [0, 0.05) is 6.04 Å². The van der Waals surface area contributed by atoms with Gasteiger partial charge in [0.15, 0.2) is 5.75 Å². The van der Waals surface area contributed by atoms with E-state index in [1.165, 1.54) is 6.26 Å². The molecule has 0 bridgehead atoms. The van der Waals surface area contributed by atoms with E-state index in [4.69, 9.17) is 20.8 Å². The fraction of sp³-hybridized carbons (Fsp3) is 0.400. The molecule has 0 aromatic carbocycles. The minimum atomic E-state index is 0.180. The summed E-state index contributed by atoms with van der Waals surface area (Å²) in [5.41, 5.74) is 0.646. The average Bonchev–Trinajstić information content (AvgIpc) is 2.87. The zero-order chi connectivity index (χ0) is 11.5. The Bertz CT molecular complexity index is 464. The first-order valence-corrected chi connectivity index (χ1v) is 5.45. The number of oxazole rings is 1. The molecule has 0 unspecified atom stereocenters. The van der Waals surface area contributed by atoms with Crippen LogP contribution in [0.15, 0.2) is 23.1 Å². The lowest BCUT2D eigenvalue weighted by Gasteiger charge is -2.02. The van der Waals surface area contributed by atoms with E-state index in [2.05, 4.69) is 10.1 Å². The molecule has 2 rings (SSSR count). The Labute approximate surface area is 98.0 Å². The molecule has 0 N–H and O–H groups in total. The Morgan fingerprint density at radius 2 is 2.38 bits per heavy atom. The maximum absolute atomic E-state index is 5.59. The van der Waals surface area contributed by atoms with Crippen molar-refractivity contribution in [3.63, 3.8) is 0 Å². The number of hydrogen-bond donors (Lipinski definition) is 0. The normalized spacial score (nSPS) is 11.0. The molecule has 0 aliphatic heterocycles. The van der Waals surface area contributed by atoms with Crippen LogP contribution >= 0.6 is 11.6 Å². The van der Waals surface area contributed by atoms with Crippen molar-refractivity contribution >= 4 is 11.6 Å². The van der Waals surface area contributed by atoms with Gasteiger partial charge in [0.2, 0.25) is 0 Å². The third kappa shape index (κ3) is 2.36. The molecule has 0 saturated heterocycles. The third-order valence-corrected chi connectivity index (χ3v) is 2.25. The Morgan fingerprint density at radius 1 is 1.56 bits per heavy atom. The number of rotatable bonds is 4. The Kier molecular flexibility index (Phi) is 3.14. The van der Waals surface area contributed by atoms with Crippen molar-refractivity contribution < 1.29 is 9.15 Å². The first-order valence-electron chi connectivity index (χ1n) is 4.91. The van der Waals surface area contributed by atoms with Crippen molar-refractivity contribution in [2.45, 2.75) is 25.8 Å². The van der Waals surface area contributed by atoms with Crippen LogP contribution in [0, 0.1) is 0 Å². The number of halogens is 1. The lowest BCUT2D eigenvalue weighted by Crippen LogP contribution is -1.99. The van der Waals surface area contributed by atoms with Crippen LogP contribution in [0.4, 0.5) is 0 Å². The van der Waals surface area contributed by atoms with E-state index < -0.39 is 0 Å². The van der Waals surface area contributed by atoms with Gasteiger partial charge in [-0.2, -0.15) is 10.1 Å². The van der Waals surface area contributed by atoms with Gasteiger partial charge in [0.1, 0.15) is 6.26 Å². The van der Waals surface area contributed by atoms with Crippen LogP contribution in [0.1, 0.15) is 25.6 Å². The monoisotopic (exact) mass is 241 g/mol. The summed E-state index contributed by atoms with van der Waals surface area (Å²) >= 11 is 5.59. The molecule has 0 saturated carbocycles. The molecule has 6 heteroatoms. The van der Waals surface area contributed by atoms with Crippen LogP contribution in [0.3, 0.4) is 0 Å². The molecule has 5 nitrogen and oxygen atoms in total. The number of alkyl halides is 1. The molecule has 86 valence electrons. The largest absolute Gasteiger partial charge is 0.417 e. The van der Waals surface area contributed by atoms with Crippen molar-refractivity contribution in [3.8, 4) is 11.8 Å². The summed E-state index contributed by atoms with van der Waals surface area (Å²) in [6.45, 7) is 4.07. The van der Waals surface area contributed by atoms with Gasteiger partial charge < -0.3 is 9.15 Å². The predicted octanol–water partition coefficient (Wildman–Crippen LogP) is 2.98. The molecule has 0 aliphatic rings. The molecule has 2 aromatic heterocycles. The van der Waals surface area contributed by atoms with Gasteiger partial charge in [-0.25, -0.2) is 0 Å². The van der Waals surface area contributed by atoms with Crippen molar-refractivity contribution in [1.29, 1.82) is 0 Å². The van der Waals surface area contributed by atoms with Gasteiger partial charge in [0.05, 0.1) is 24.0 Å².